The van der Waals surface area contributed by atoms with Crippen LogP contribution in [0.3, 0.4) is 0 Å². The third-order valence-corrected chi connectivity index (χ3v) is 25.2. The average Bonchev–Trinajstić information content (AvgIpc) is 1.61. The van der Waals surface area contributed by atoms with Gasteiger partial charge in [-0.3, -0.25) is 82.3 Å². The number of pyridine rings is 4. The molecular weight excluding hydrogens is 1700 g/mol. The summed E-state index contributed by atoms with van der Waals surface area (Å²) in [6.45, 7) is 6.24. The number of aromatic nitrogens is 8. The van der Waals surface area contributed by atoms with Gasteiger partial charge in [-0.2, -0.15) is 0 Å². The highest BCUT2D eigenvalue weighted by Crippen LogP contribution is 2.45. The number of ketones is 1. The van der Waals surface area contributed by atoms with E-state index in [1.807, 2.05) is 72.2 Å². The van der Waals surface area contributed by atoms with E-state index in [1.54, 1.807) is 48.8 Å². The van der Waals surface area contributed by atoms with Crippen LogP contribution in [-0.2, 0) is 73.3 Å². The number of anilines is 3. The first-order chi connectivity index (χ1) is 64.8. The van der Waals surface area contributed by atoms with Gasteiger partial charge in [0.25, 0.3) is 23.6 Å². The van der Waals surface area contributed by atoms with Gasteiger partial charge in [-0.25, -0.2) is 29.9 Å². The number of benzene rings is 6. The Morgan fingerprint density at radius 1 is 0.500 bits per heavy atom. The number of nitrogen functional groups attached to an aromatic ring is 2. The van der Waals surface area contributed by atoms with E-state index >= 15 is 0 Å². The summed E-state index contributed by atoms with van der Waals surface area (Å²) in [5, 5.41) is 24.1. The number of Topliss-reactive ketones (excluding diaryl/α,β-unsaturated/α-hetero) is 1. The van der Waals surface area contributed by atoms with E-state index in [9.17, 15) is 52.7 Å². The zero-order valence-corrected chi connectivity index (χ0v) is 74.7. The van der Waals surface area contributed by atoms with Gasteiger partial charge in [0.05, 0.1) is 71.0 Å². The minimum atomic E-state index is -1.04. The lowest BCUT2D eigenvalue weighted by Gasteiger charge is -2.39. The number of fused-ring (bicyclic) bond motifs is 4. The quantitative estimate of drug-likeness (QED) is 0.0136. The molecule has 18 rings (SSSR count). The Morgan fingerprint density at radius 3 is 1.50 bits per heavy atom. The van der Waals surface area contributed by atoms with Gasteiger partial charge >= 0.3 is 11.9 Å². The van der Waals surface area contributed by atoms with Gasteiger partial charge in [-0.05, 0) is 226 Å². The number of aryl methyl sites for hydroxylation is 2. The molecule has 32 nitrogen and oxygen atoms in total. The minimum absolute atomic E-state index is 0.0492. The van der Waals surface area contributed by atoms with E-state index in [-0.39, 0.29) is 97.3 Å². The molecule has 12 aromatic rings. The lowest BCUT2D eigenvalue weighted by molar-refractivity contribution is -0.139. The van der Waals surface area contributed by atoms with E-state index < -0.39 is 71.3 Å². The number of imidazole rings is 2. The van der Waals surface area contributed by atoms with Crippen LogP contribution in [0, 0.1) is 0 Å². The molecule has 2 aliphatic carbocycles. The lowest BCUT2D eigenvalue weighted by atomic mass is 9.66. The number of aliphatic carboxylic acids is 2. The maximum absolute atomic E-state index is 13.3. The summed E-state index contributed by atoms with van der Waals surface area (Å²) in [4.78, 5) is 163. The number of carboxylic acid groups (broad SMARTS) is 2. The van der Waals surface area contributed by atoms with E-state index in [0.29, 0.717) is 98.1 Å². The summed E-state index contributed by atoms with van der Waals surface area (Å²) in [5.41, 5.74) is 42.0. The number of ether oxygens (including phenoxy) is 2. The normalized spacial score (nSPS) is 16.3. The van der Waals surface area contributed by atoms with Crippen molar-refractivity contribution in [2.45, 2.75) is 172 Å². The van der Waals surface area contributed by atoms with Crippen molar-refractivity contribution in [3.05, 3.63) is 244 Å². The van der Waals surface area contributed by atoms with Crippen LogP contribution in [0.2, 0.25) is 0 Å². The van der Waals surface area contributed by atoms with Crippen molar-refractivity contribution in [3.63, 3.8) is 0 Å². The van der Waals surface area contributed by atoms with Crippen LogP contribution in [0.4, 0.5) is 17.3 Å². The second kappa shape index (κ2) is 42.2. The fourth-order valence-electron chi connectivity index (χ4n) is 17.6. The Balaban J connectivity index is 0.000000162. The molecule has 6 aliphatic rings. The van der Waals surface area contributed by atoms with E-state index in [1.165, 1.54) is 30.4 Å². The maximum Gasteiger partial charge on any atom is 0.305 e. The number of nitrogens with zero attached hydrogens (tertiary/aromatic N) is 10. The van der Waals surface area contributed by atoms with Gasteiger partial charge in [-0.1, -0.05) is 106 Å². The molecule has 2 atom stereocenters. The molecule has 8 amide bonds. The molecule has 4 fully saturated rings. The molecule has 2 saturated heterocycles. The highest BCUT2D eigenvalue weighted by atomic mass is 16.5. The first kappa shape index (κ1) is 93.9. The fourth-order valence-corrected chi connectivity index (χ4v) is 17.6. The molecule has 32 heteroatoms. The van der Waals surface area contributed by atoms with Crippen molar-refractivity contribution < 1.29 is 72.4 Å². The smallest absolute Gasteiger partial charge is 0.305 e. The first-order valence-corrected chi connectivity index (χ1v) is 45.4. The monoisotopic (exact) mass is 1810 g/mol. The van der Waals surface area contributed by atoms with Gasteiger partial charge in [0.15, 0.2) is 22.9 Å². The van der Waals surface area contributed by atoms with Crippen LogP contribution < -0.4 is 38.9 Å². The standard InChI is InChI=1S/C48H47N9O6.C30H30N6.C19H20N2O7.C5H10O2/c49-42-35(11-4-24-52-42)43-54-38-18-17-36(53-44(38)56(43)32-15-13-31(14-16-32)48(50)22-5-23-48)30-8-1-6-29(28-30)7-2-9-33(58)21-26-63-27-25-51-37-12-3-10-34-41(37)47(62)57(46(34)61)39-19-20-40(59)55-45(39)60;1-30(15-4-16-30)22-8-10-23(11-9-22)36-28(24-7-3-18-33-27(24)32)35-26-13-12-25(34-29(26)36)21-6-2-5-20(19-21)14-17-31;22-14-7-6-13(17(25)20-14)21-18(26)12-5-1-3-11(16(12)19(21)27)4-2-9-28-10-8-15(23)24;1-2-3-4-5(6)7/h1,3-4,6,8,10-18,24,28,39,51H,2,5,7,9,19-23,25-27,50H2,(H2,49,52)(H,55,59,60);2-3,5-13,18-19H,4,14-17,31H2,1H3,(H2,32,33);1,3,5,13H,2,4,6-10H2,(H,23,24)(H,20,22,25);2-4H2,1H3,(H,6,7). The van der Waals surface area contributed by atoms with Crippen LogP contribution >= 0.6 is 0 Å². The molecule has 0 bridgehead atoms. The molecule has 6 aromatic carbocycles. The number of nitrogens with two attached hydrogens (primary N) is 4. The third kappa shape index (κ3) is 21.1. The average molecular weight is 1810 g/mol. The number of hydrogen-bond acceptors (Lipinski definition) is 24. The Morgan fingerprint density at radius 2 is 1.00 bits per heavy atom. The molecule has 2 saturated carbocycles. The highest BCUT2D eigenvalue weighted by Gasteiger charge is 2.48. The Kier molecular flexibility index (Phi) is 29.6. The number of amides is 8. The van der Waals surface area contributed by atoms with Crippen molar-refractivity contribution in [3.8, 4) is 56.7 Å². The van der Waals surface area contributed by atoms with Crippen LogP contribution in [0.25, 0.3) is 79.0 Å². The zero-order chi connectivity index (χ0) is 94.3. The van der Waals surface area contributed by atoms with Gasteiger partial charge in [0.2, 0.25) is 23.6 Å². The Hall–Kier alpha value is -14.7. The van der Waals surface area contributed by atoms with Crippen molar-refractivity contribution >= 4 is 105 Å². The maximum atomic E-state index is 13.3. The summed E-state index contributed by atoms with van der Waals surface area (Å²) in [6, 6.07) is 57.2. The fraction of sp³-hybridized carbons (Fsp3) is 0.324. The molecule has 13 N–H and O–H groups in total. The third-order valence-electron chi connectivity index (χ3n) is 25.2. The van der Waals surface area contributed by atoms with Crippen molar-refractivity contribution in [1.82, 2.24) is 59.5 Å². The number of hydrogen-bond donors (Lipinski definition) is 9. The number of carbonyl (C=O) groups is 11. The minimum Gasteiger partial charge on any atom is -0.481 e. The number of piperidine rings is 2. The summed E-state index contributed by atoms with van der Waals surface area (Å²) in [5.74, 6) is -3.67. The van der Waals surface area contributed by atoms with Crippen LogP contribution in [0.15, 0.2) is 194 Å². The van der Waals surface area contributed by atoms with Crippen molar-refractivity contribution in [2.24, 2.45) is 11.5 Å². The topological polar surface area (TPSA) is 481 Å². The summed E-state index contributed by atoms with van der Waals surface area (Å²) in [7, 11) is 0. The van der Waals surface area contributed by atoms with E-state index in [0.717, 1.165) is 121 Å². The number of imide groups is 4. The predicted molar refractivity (Wildman–Crippen MR) is 504 cm³/mol. The van der Waals surface area contributed by atoms with Gasteiger partial charge in [-0.15, -0.1) is 0 Å². The molecule has 690 valence electrons. The van der Waals surface area contributed by atoms with Gasteiger partial charge in [0.1, 0.15) is 40.5 Å². The molecular formula is C102H107N17O15. The highest BCUT2D eigenvalue weighted by molar-refractivity contribution is 6.26. The Bertz CT molecular complexity index is 6480. The number of rotatable bonds is 33. The second-order valence-electron chi connectivity index (χ2n) is 34.5. The number of carbonyl (C=O) groups excluding carboxylic acids is 9. The van der Waals surface area contributed by atoms with Crippen molar-refractivity contribution in [1.29, 1.82) is 0 Å². The molecule has 0 radical (unpaired) electrons. The van der Waals surface area contributed by atoms with Crippen LogP contribution in [-0.4, -0.2) is 176 Å². The molecule has 2 unspecified atom stereocenters. The predicted octanol–water partition coefficient (Wildman–Crippen LogP) is 13.3. The zero-order valence-electron chi connectivity index (χ0n) is 74.7. The largest absolute Gasteiger partial charge is 0.481 e. The van der Waals surface area contributed by atoms with Crippen molar-refractivity contribution in [2.75, 3.05) is 56.3 Å². The molecule has 10 heterocycles. The van der Waals surface area contributed by atoms with Gasteiger partial charge < -0.3 is 47.9 Å². The number of unbranched alkanes of at least 4 members (excludes halogenated alkanes) is 1. The second-order valence-corrected chi connectivity index (χ2v) is 34.5. The Labute approximate surface area is 773 Å². The SMILES string of the molecule is CC1(c2ccc(-n3c(-c4cccnc4N)nc4ccc(-c5cccc(CCN)c5)nc43)cc2)CCC1.CCCCC(=O)O.Nc1ncccc1-c1nc2ccc(-c3cccc(CCCC(=O)CCOCCNc4cccc5c4C(=O)N(C4CCC(=O)NC4=O)C5=O)c3)nc2n1-c1ccc(C2(N)CCC2)cc1.O=C(O)CCOCCCc1cccc2c1C(=O)N(C1CCC(=O)NC1=O)C2=O. The summed E-state index contributed by atoms with van der Waals surface area (Å²) in [6.07, 6.45) is 16.5. The number of carboxylic acids is 2. The first-order valence-electron chi connectivity index (χ1n) is 45.4. The summed E-state index contributed by atoms with van der Waals surface area (Å²) >= 11 is 0. The van der Waals surface area contributed by atoms with E-state index in [2.05, 4.69) is 122 Å². The summed E-state index contributed by atoms with van der Waals surface area (Å²) < 4.78 is 15.1. The lowest BCUT2D eigenvalue weighted by Crippen LogP contribution is -2.54. The number of nitrogens with one attached hydrogen (secondary N) is 3. The molecule has 4 aliphatic heterocycles. The molecule has 0 spiro atoms. The molecule has 6 aromatic heterocycles. The van der Waals surface area contributed by atoms with Gasteiger partial charge in [0, 0.05) is 91.4 Å². The molecule has 134 heavy (non-hydrogen) atoms. The van der Waals surface area contributed by atoms with E-state index in [4.69, 9.17) is 62.6 Å². The van der Waals surface area contributed by atoms with Crippen LogP contribution in [0.5, 0.6) is 0 Å². The van der Waals surface area contributed by atoms with Crippen LogP contribution in [0.1, 0.15) is 199 Å².